The average Bonchev–Trinajstić information content (AvgIpc) is 2.77. The molecule has 31 heavy (non-hydrogen) atoms. The van der Waals surface area contributed by atoms with Gasteiger partial charge in [0.15, 0.2) is 0 Å². The molecule has 5 heteroatoms. The highest BCUT2D eigenvalue weighted by Gasteiger charge is 2.29. The standard InChI is InChI=1S/C26H36N2O3/c1-5-9-25(29)28(19-22-12-14-23(31-4)15-13-22)24(18-21-10-7-6-8-11-21)26(30)27-17-16-20(2)3/h6-8,10-15,20,24H,5,9,16-19H2,1-4H3,(H,27,30)/t24-/m0/s1. The Kier molecular flexibility index (Phi) is 10.1. The van der Waals surface area contributed by atoms with E-state index in [-0.39, 0.29) is 11.8 Å². The van der Waals surface area contributed by atoms with Gasteiger partial charge < -0.3 is 15.0 Å². The summed E-state index contributed by atoms with van der Waals surface area (Å²) in [6, 6.07) is 17.0. The predicted octanol–water partition coefficient (Wildman–Crippen LogP) is 4.60. The van der Waals surface area contributed by atoms with Crippen LogP contribution in [0.15, 0.2) is 54.6 Å². The molecule has 0 bridgehead atoms. The lowest BCUT2D eigenvalue weighted by Gasteiger charge is -2.31. The summed E-state index contributed by atoms with van der Waals surface area (Å²) < 4.78 is 5.24. The smallest absolute Gasteiger partial charge is 0.243 e. The van der Waals surface area contributed by atoms with Crippen LogP contribution in [0, 0.1) is 5.92 Å². The Morgan fingerprint density at radius 2 is 1.68 bits per heavy atom. The summed E-state index contributed by atoms with van der Waals surface area (Å²) in [7, 11) is 1.63. The molecule has 0 saturated carbocycles. The van der Waals surface area contributed by atoms with E-state index in [1.54, 1.807) is 12.0 Å². The maximum atomic E-state index is 13.2. The zero-order chi connectivity index (χ0) is 22.6. The minimum Gasteiger partial charge on any atom is -0.497 e. The van der Waals surface area contributed by atoms with Crippen LogP contribution in [0.4, 0.5) is 0 Å². The van der Waals surface area contributed by atoms with Gasteiger partial charge in [-0.2, -0.15) is 0 Å². The normalized spacial score (nSPS) is 11.8. The van der Waals surface area contributed by atoms with E-state index in [4.69, 9.17) is 4.74 Å². The first-order valence-corrected chi connectivity index (χ1v) is 11.2. The van der Waals surface area contributed by atoms with Crippen LogP contribution in [-0.4, -0.2) is 36.4 Å². The maximum absolute atomic E-state index is 13.2. The van der Waals surface area contributed by atoms with E-state index in [9.17, 15) is 9.59 Å². The third-order valence-corrected chi connectivity index (χ3v) is 5.27. The SMILES string of the molecule is CCCC(=O)N(Cc1ccc(OC)cc1)[C@@H](Cc1ccccc1)C(=O)NCCC(C)C. The second-order valence-corrected chi connectivity index (χ2v) is 8.30. The van der Waals surface area contributed by atoms with E-state index in [1.807, 2.05) is 61.5 Å². The molecule has 0 aromatic heterocycles. The van der Waals surface area contributed by atoms with Crippen LogP contribution in [-0.2, 0) is 22.6 Å². The molecule has 0 fully saturated rings. The number of ether oxygens (including phenoxy) is 1. The van der Waals surface area contributed by atoms with Gasteiger partial charge in [0.05, 0.1) is 7.11 Å². The number of methoxy groups -OCH3 is 1. The Morgan fingerprint density at radius 1 is 1.00 bits per heavy atom. The van der Waals surface area contributed by atoms with Crippen molar-refractivity contribution in [3.05, 3.63) is 65.7 Å². The van der Waals surface area contributed by atoms with E-state index in [0.717, 1.165) is 29.7 Å². The molecule has 0 saturated heterocycles. The average molecular weight is 425 g/mol. The molecule has 1 atom stereocenters. The Hall–Kier alpha value is -2.82. The molecule has 5 nitrogen and oxygen atoms in total. The predicted molar refractivity (Wildman–Crippen MR) is 125 cm³/mol. The number of amides is 2. The molecule has 2 aromatic carbocycles. The molecular formula is C26H36N2O3. The zero-order valence-electron chi connectivity index (χ0n) is 19.3. The van der Waals surface area contributed by atoms with Gasteiger partial charge >= 0.3 is 0 Å². The summed E-state index contributed by atoms with van der Waals surface area (Å²) in [6.07, 6.45) is 2.55. The molecule has 0 aliphatic rings. The number of hydrogen-bond donors (Lipinski definition) is 1. The van der Waals surface area contributed by atoms with Crippen molar-refractivity contribution in [1.29, 1.82) is 0 Å². The number of carbonyl (C=O) groups is 2. The lowest BCUT2D eigenvalue weighted by molar-refractivity contribution is -0.141. The minimum absolute atomic E-state index is 0.00161. The highest BCUT2D eigenvalue weighted by molar-refractivity contribution is 5.88. The summed E-state index contributed by atoms with van der Waals surface area (Å²) in [5.74, 6) is 1.17. The van der Waals surface area contributed by atoms with Crippen LogP contribution in [0.3, 0.4) is 0 Å². The summed E-state index contributed by atoms with van der Waals surface area (Å²) in [4.78, 5) is 28.1. The first kappa shape index (κ1) is 24.4. The third kappa shape index (κ3) is 8.08. The molecular weight excluding hydrogens is 388 g/mol. The second kappa shape index (κ2) is 12.8. The van der Waals surface area contributed by atoms with E-state index in [1.165, 1.54) is 0 Å². The van der Waals surface area contributed by atoms with Crippen LogP contribution in [0.25, 0.3) is 0 Å². The van der Waals surface area contributed by atoms with Crippen molar-refractivity contribution in [2.75, 3.05) is 13.7 Å². The van der Waals surface area contributed by atoms with Gasteiger partial charge in [-0.1, -0.05) is 63.2 Å². The van der Waals surface area contributed by atoms with Gasteiger partial charge in [-0.05, 0) is 42.0 Å². The molecule has 0 radical (unpaired) electrons. The Labute approximate surface area is 186 Å². The van der Waals surface area contributed by atoms with Crippen molar-refractivity contribution in [3.8, 4) is 5.75 Å². The first-order chi connectivity index (χ1) is 14.9. The third-order valence-electron chi connectivity index (χ3n) is 5.27. The summed E-state index contributed by atoms with van der Waals surface area (Å²) in [6.45, 7) is 7.25. The topological polar surface area (TPSA) is 58.6 Å². The van der Waals surface area contributed by atoms with E-state index >= 15 is 0 Å². The van der Waals surface area contributed by atoms with Crippen LogP contribution < -0.4 is 10.1 Å². The molecule has 2 aromatic rings. The van der Waals surface area contributed by atoms with Crippen molar-refractivity contribution >= 4 is 11.8 Å². The second-order valence-electron chi connectivity index (χ2n) is 8.30. The fraction of sp³-hybridized carbons (Fsp3) is 0.462. The van der Waals surface area contributed by atoms with E-state index in [0.29, 0.717) is 31.8 Å². The van der Waals surface area contributed by atoms with E-state index < -0.39 is 6.04 Å². The van der Waals surface area contributed by atoms with Gasteiger partial charge in [0.1, 0.15) is 11.8 Å². The minimum atomic E-state index is -0.560. The lowest BCUT2D eigenvalue weighted by Crippen LogP contribution is -2.50. The fourth-order valence-electron chi connectivity index (χ4n) is 3.44. The van der Waals surface area contributed by atoms with Crippen LogP contribution >= 0.6 is 0 Å². The van der Waals surface area contributed by atoms with Crippen molar-refractivity contribution in [3.63, 3.8) is 0 Å². The monoisotopic (exact) mass is 424 g/mol. The number of benzene rings is 2. The molecule has 0 unspecified atom stereocenters. The van der Waals surface area contributed by atoms with Crippen molar-refractivity contribution in [1.82, 2.24) is 10.2 Å². The summed E-state index contributed by atoms with van der Waals surface area (Å²) >= 11 is 0. The quantitative estimate of drug-likeness (QED) is 0.542. The maximum Gasteiger partial charge on any atom is 0.243 e. The number of hydrogen-bond acceptors (Lipinski definition) is 3. The zero-order valence-corrected chi connectivity index (χ0v) is 19.3. The number of nitrogens with one attached hydrogen (secondary N) is 1. The Morgan fingerprint density at radius 3 is 2.26 bits per heavy atom. The van der Waals surface area contributed by atoms with Gasteiger partial charge in [0.2, 0.25) is 11.8 Å². The summed E-state index contributed by atoms with van der Waals surface area (Å²) in [5.41, 5.74) is 2.01. The van der Waals surface area contributed by atoms with Gasteiger partial charge in [0.25, 0.3) is 0 Å². The van der Waals surface area contributed by atoms with Crippen LogP contribution in [0.1, 0.15) is 51.2 Å². The van der Waals surface area contributed by atoms with E-state index in [2.05, 4.69) is 19.2 Å². The highest BCUT2D eigenvalue weighted by atomic mass is 16.5. The molecule has 0 aliphatic carbocycles. The van der Waals surface area contributed by atoms with Gasteiger partial charge in [-0.25, -0.2) is 0 Å². The van der Waals surface area contributed by atoms with Gasteiger partial charge in [0, 0.05) is 25.9 Å². The highest BCUT2D eigenvalue weighted by Crippen LogP contribution is 2.18. The first-order valence-electron chi connectivity index (χ1n) is 11.2. The van der Waals surface area contributed by atoms with Crippen molar-refractivity contribution < 1.29 is 14.3 Å². The fourth-order valence-corrected chi connectivity index (χ4v) is 3.44. The molecule has 0 spiro atoms. The molecule has 2 rings (SSSR count). The lowest BCUT2D eigenvalue weighted by atomic mass is 10.0. The number of carbonyl (C=O) groups excluding carboxylic acids is 2. The largest absolute Gasteiger partial charge is 0.497 e. The van der Waals surface area contributed by atoms with Gasteiger partial charge in [-0.15, -0.1) is 0 Å². The van der Waals surface area contributed by atoms with Crippen molar-refractivity contribution in [2.45, 2.75) is 59.0 Å². The van der Waals surface area contributed by atoms with Crippen molar-refractivity contribution in [2.24, 2.45) is 5.92 Å². The summed E-state index contributed by atoms with van der Waals surface area (Å²) in [5, 5.41) is 3.06. The molecule has 0 heterocycles. The Balaban J connectivity index is 2.30. The number of nitrogens with zero attached hydrogens (tertiary/aromatic N) is 1. The van der Waals surface area contributed by atoms with Gasteiger partial charge in [-0.3, -0.25) is 9.59 Å². The molecule has 168 valence electrons. The van der Waals surface area contributed by atoms with Crippen LogP contribution in [0.5, 0.6) is 5.75 Å². The molecule has 1 N–H and O–H groups in total. The van der Waals surface area contributed by atoms with Crippen LogP contribution in [0.2, 0.25) is 0 Å². The Bertz CT molecular complexity index is 803. The molecule has 2 amide bonds. The number of rotatable bonds is 12. The molecule has 0 aliphatic heterocycles.